The number of hydrogen-bond acceptors (Lipinski definition) is 4. The van der Waals surface area contributed by atoms with Crippen molar-refractivity contribution in [3.8, 4) is 11.6 Å². The van der Waals surface area contributed by atoms with E-state index in [4.69, 9.17) is 4.74 Å². The summed E-state index contributed by atoms with van der Waals surface area (Å²) in [5.74, 6) is 0.144. The minimum absolute atomic E-state index is 0.0330. The van der Waals surface area contributed by atoms with Gasteiger partial charge in [0.15, 0.2) is 0 Å². The topological polar surface area (TPSA) is 71.5 Å². The lowest BCUT2D eigenvalue weighted by atomic mass is 10.1. The highest BCUT2D eigenvalue weighted by Gasteiger charge is 2.12. The molecule has 2 rings (SSSR count). The molecule has 2 aromatic rings. The Bertz CT molecular complexity index is 641. The Kier molecular flexibility index (Phi) is 4.77. The van der Waals surface area contributed by atoms with E-state index in [1.54, 1.807) is 24.4 Å². The molecule has 0 spiro atoms. The van der Waals surface area contributed by atoms with Crippen LogP contribution >= 0.6 is 0 Å². The standard InChI is InChI=1S/C16H18N2O3/c1-3-21-16-12(5-4-8-17-16)10-18-15(20)13-9-11(2)6-7-14(13)19/h4-9,19H,3,10H2,1-2H3,(H,18,20). The number of ether oxygens (including phenoxy) is 1. The molecule has 0 radical (unpaired) electrons. The van der Waals surface area contributed by atoms with Crippen molar-refractivity contribution in [1.29, 1.82) is 0 Å². The van der Waals surface area contributed by atoms with Gasteiger partial charge in [0.2, 0.25) is 5.88 Å². The fourth-order valence-electron chi connectivity index (χ4n) is 1.93. The lowest BCUT2D eigenvalue weighted by molar-refractivity contribution is 0.0948. The molecule has 0 fully saturated rings. The Morgan fingerprint density at radius 3 is 2.95 bits per heavy atom. The van der Waals surface area contributed by atoms with Gasteiger partial charge in [0.05, 0.1) is 12.2 Å². The fourth-order valence-corrected chi connectivity index (χ4v) is 1.93. The number of benzene rings is 1. The van der Waals surface area contributed by atoms with Gasteiger partial charge in [0.25, 0.3) is 5.91 Å². The van der Waals surface area contributed by atoms with E-state index in [1.165, 1.54) is 6.07 Å². The zero-order valence-electron chi connectivity index (χ0n) is 12.1. The molecule has 0 saturated carbocycles. The number of aryl methyl sites for hydroxylation is 1. The summed E-state index contributed by atoms with van der Waals surface area (Å²) in [5.41, 5.74) is 1.96. The molecule has 0 saturated heterocycles. The Labute approximate surface area is 123 Å². The maximum atomic E-state index is 12.1. The summed E-state index contributed by atoms with van der Waals surface area (Å²) in [6, 6.07) is 8.54. The normalized spacial score (nSPS) is 10.2. The Hall–Kier alpha value is -2.56. The van der Waals surface area contributed by atoms with Crippen molar-refractivity contribution in [1.82, 2.24) is 10.3 Å². The Balaban J connectivity index is 2.09. The van der Waals surface area contributed by atoms with E-state index in [9.17, 15) is 9.90 Å². The molecule has 0 bridgehead atoms. The van der Waals surface area contributed by atoms with Crippen LogP contribution < -0.4 is 10.1 Å². The van der Waals surface area contributed by atoms with Crippen LogP contribution in [0.25, 0.3) is 0 Å². The number of hydrogen-bond donors (Lipinski definition) is 2. The number of rotatable bonds is 5. The molecule has 21 heavy (non-hydrogen) atoms. The monoisotopic (exact) mass is 286 g/mol. The van der Waals surface area contributed by atoms with Crippen LogP contribution in [0.5, 0.6) is 11.6 Å². The summed E-state index contributed by atoms with van der Waals surface area (Å²) < 4.78 is 5.41. The van der Waals surface area contributed by atoms with E-state index < -0.39 is 0 Å². The van der Waals surface area contributed by atoms with Gasteiger partial charge >= 0.3 is 0 Å². The van der Waals surface area contributed by atoms with Gasteiger partial charge in [-0.3, -0.25) is 4.79 Å². The van der Waals surface area contributed by atoms with Crippen LogP contribution in [-0.2, 0) is 6.54 Å². The number of aromatic hydroxyl groups is 1. The first-order valence-electron chi connectivity index (χ1n) is 6.76. The van der Waals surface area contributed by atoms with Gasteiger partial charge in [0.1, 0.15) is 5.75 Å². The zero-order valence-corrected chi connectivity index (χ0v) is 12.1. The van der Waals surface area contributed by atoms with E-state index in [0.29, 0.717) is 12.5 Å². The number of carbonyl (C=O) groups excluding carboxylic acids is 1. The summed E-state index contributed by atoms with van der Waals surface area (Å²) >= 11 is 0. The molecular formula is C16H18N2O3. The number of aromatic nitrogens is 1. The largest absolute Gasteiger partial charge is 0.507 e. The summed E-state index contributed by atoms with van der Waals surface area (Å²) in [6.45, 7) is 4.54. The van der Waals surface area contributed by atoms with Crippen LogP contribution in [0.3, 0.4) is 0 Å². The molecule has 1 aromatic carbocycles. The van der Waals surface area contributed by atoms with Crippen molar-refractivity contribution in [2.75, 3.05) is 6.61 Å². The minimum Gasteiger partial charge on any atom is -0.507 e. The van der Waals surface area contributed by atoms with E-state index in [2.05, 4.69) is 10.3 Å². The third kappa shape index (κ3) is 3.72. The summed E-state index contributed by atoms with van der Waals surface area (Å²) in [5, 5.41) is 12.5. The molecule has 5 nitrogen and oxygen atoms in total. The highest BCUT2D eigenvalue weighted by molar-refractivity contribution is 5.96. The predicted molar refractivity (Wildman–Crippen MR) is 79.4 cm³/mol. The molecule has 1 heterocycles. The third-order valence-electron chi connectivity index (χ3n) is 2.97. The summed E-state index contributed by atoms with van der Waals surface area (Å²) in [4.78, 5) is 16.3. The number of phenols is 1. The van der Waals surface area contributed by atoms with Crippen molar-refractivity contribution in [3.63, 3.8) is 0 Å². The van der Waals surface area contributed by atoms with Crippen molar-refractivity contribution in [2.24, 2.45) is 0 Å². The summed E-state index contributed by atoms with van der Waals surface area (Å²) in [6.07, 6.45) is 1.64. The molecule has 0 aliphatic carbocycles. The van der Waals surface area contributed by atoms with Gasteiger partial charge in [-0.25, -0.2) is 4.98 Å². The van der Waals surface area contributed by atoms with Gasteiger partial charge < -0.3 is 15.2 Å². The van der Waals surface area contributed by atoms with Crippen molar-refractivity contribution < 1.29 is 14.6 Å². The number of nitrogens with one attached hydrogen (secondary N) is 1. The van der Waals surface area contributed by atoms with Crippen molar-refractivity contribution >= 4 is 5.91 Å². The van der Waals surface area contributed by atoms with E-state index in [-0.39, 0.29) is 23.8 Å². The average molecular weight is 286 g/mol. The van der Waals surface area contributed by atoms with Gasteiger partial charge in [-0.1, -0.05) is 17.7 Å². The van der Waals surface area contributed by atoms with E-state index in [1.807, 2.05) is 19.9 Å². The molecule has 1 aromatic heterocycles. The maximum absolute atomic E-state index is 12.1. The lowest BCUT2D eigenvalue weighted by Gasteiger charge is -2.10. The number of nitrogens with zero attached hydrogens (tertiary/aromatic N) is 1. The highest BCUT2D eigenvalue weighted by atomic mass is 16.5. The Morgan fingerprint density at radius 1 is 1.38 bits per heavy atom. The fraction of sp³-hybridized carbons (Fsp3) is 0.250. The van der Waals surface area contributed by atoms with Gasteiger partial charge in [-0.15, -0.1) is 0 Å². The molecular weight excluding hydrogens is 268 g/mol. The third-order valence-corrected chi connectivity index (χ3v) is 2.97. The molecule has 110 valence electrons. The van der Waals surface area contributed by atoms with Crippen LogP contribution in [0.15, 0.2) is 36.5 Å². The Morgan fingerprint density at radius 2 is 2.19 bits per heavy atom. The first kappa shape index (κ1) is 14.8. The van der Waals surface area contributed by atoms with E-state index >= 15 is 0 Å². The van der Waals surface area contributed by atoms with Crippen LogP contribution in [0.2, 0.25) is 0 Å². The maximum Gasteiger partial charge on any atom is 0.255 e. The van der Waals surface area contributed by atoms with Crippen LogP contribution in [0.4, 0.5) is 0 Å². The van der Waals surface area contributed by atoms with Crippen LogP contribution in [-0.4, -0.2) is 22.6 Å². The average Bonchev–Trinajstić information content (AvgIpc) is 2.49. The SMILES string of the molecule is CCOc1ncccc1CNC(=O)c1cc(C)ccc1O. The lowest BCUT2D eigenvalue weighted by Crippen LogP contribution is -2.23. The van der Waals surface area contributed by atoms with Gasteiger partial charge in [-0.05, 0) is 32.0 Å². The first-order chi connectivity index (χ1) is 10.1. The second-order valence-electron chi connectivity index (χ2n) is 4.60. The smallest absolute Gasteiger partial charge is 0.255 e. The predicted octanol–water partition coefficient (Wildman–Crippen LogP) is 2.42. The van der Waals surface area contributed by atoms with Gasteiger partial charge in [0, 0.05) is 18.3 Å². The molecule has 0 aliphatic rings. The minimum atomic E-state index is -0.331. The quantitative estimate of drug-likeness (QED) is 0.885. The second-order valence-corrected chi connectivity index (χ2v) is 4.60. The van der Waals surface area contributed by atoms with Crippen LogP contribution in [0, 0.1) is 6.92 Å². The number of pyridine rings is 1. The molecule has 0 aliphatic heterocycles. The second kappa shape index (κ2) is 6.74. The van der Waals surface area contributed by atoms with E-state index in [0.717, 1.165) is 11.1 Å². The summed E-state index contributed by atoms with van der Waals surface area (Å²) in [7, 11) is 0. The van der Waals surface area contributed by atoms with Crippen LogP contribution in [0.1, 0.15) is 28.4 Å². The highest BCUT2D eigenvalue weighted by Crippen LogP contribution is 2.19. The molecule has 0 atom stereocenters. The molecule has 0 unspecified atom stereocenters. The zero-order chi connectivity index (χ0) is 15.2. The van der Waals surface area contributed by atoms with Crippen molar-refractivity contribution in [3.05, 3.63) is 53.2 Å². The molecule has 1 amide bonds. The molecule has 2 N–H and O–H groups in total. The number of amides is 1. The van der Waals surface area contributed by atoms with Gasteiger partial charge in [-0.2, -0.15) is 0 Å². The number of carbonyl (C=O) groups is 1. The van der Waals surface area contributed by atoms with Crippen molar-refractivity contribution in [2.45, 2.75) is 20.4 Å². The number of phenolic OH excluding ortho intramolecular Hbond substituents is 1. The first-order valence-corrected chi connectivity index (χ1v) is 6.76. The molecule has 5 heteroatoms.